The molecule has 0 aliphatic carbocycles. The molecule has 1 fully saturated rings. The molecule has 0 spiro atoms. The molecule has 18 heavy (non-hydrogen) atoms. The zero-order chi connectivity index (χ0) is 13.1. The molecule has 1 aliphatic rings. The number of hydrogen-bond donors (Lipinski definition) is 1. The third kappa shape index (κ3) is 2.15. The number of hydrogen-bond acceptors (Lipinski definition) is 4. The van der Waals surface area contributed by atoms with E-state index in [0.717, 1.165) is 12.2 Å². The van der Waals surface area contributed by atoms with Crippen LogP contribution in [0.1, 0.15) is 5.56 Å². The van der Waals surface area contributed by atoms with Gasteiger partial charge >= 0.3 is 0 Å². The number of piperazine rings is 1. The lowest BCUT2D eigenvalue weighted by molar-refractivity contribution is -0.132. The molecule has 1 aliphatic heterocycles. The fourth-order valence-corrected chi connectivity index (χ4v) is 2.18. The molecule has 2 N–H and O–H groups in total. The third-order valence-corrected chi connectivity index (χ3v) is 3.27. The number of nitrogens with zero attached hydrogens (tertiary/aromatic N) is 3. The maximum atomic E-state index is 12.0. The Bertz CT molecular complexity index is 477. The maximum absolute atomic E-state index is 12.0. The number of carbonyl (C=O) groups is 1. The second-order valence-electron chi connectivity index (χ2n) is 4.36. The van der Waals surface area contributed by atoms with Crippen LogP contribution in [0.2, 0.25) is 0 Å². The second kappa shape index (κ2) is 5.07. The number of nitrogens with two attached hydrogens (primary N) is 1. The van der Waals surface area contributed by atoms with Crippen molar-refractivity contribution < 1.29 is 4.79 Å². The standard InChI is InChI=1S/C13H16N4O/c1-16-6-7-17(12(9-15)13(16)18)11-4-2-10(8-14)3-5-11/h2-5,12H,6-7,9,15H2,1H3. The summed E-state index contributed by atoms with van der Waals surface area (Å²) in [6.07, 6.45) is 0. The normalized spacial score (nSPS) is 19.8. The van der Waals surface area contributed by atoms with Crippen LogP contribution < -0.4 is 10.6 Å². The minimum Gasteiger partial charge on any atom is -0.357 e. The van der Waals surface area contributed by atoms with Crippen molar-refractivity contribution in [3.8, 4) is 6.07 Å². The molecular formula is C13H16N4O. The zero-order valence-electron chi connectivity index (χ0n) is 10.3. The summed E-state index contributed by atoms with van der Waals surface area (Å²) in [6, 6.07) is 9.00. The van der Waals surface area contributed by atoms with E-state index in [0.29, 0.717) is 18.7 Å². The molecule has 1 saturated heterocycles. The van der Waals surface area contributed by atoms with Gasteiger partial charge in [0.2, 0.25) is 5.91 Å². The van der Waals surface area contributed by atoms with Crippen LogP contribution in [0.3, 0.4) is 0 Å². The highest BCUT2D eigenvalue weighted by molar-refractivity contribution is 5.86. The SMILES string of the molecule is CN1CCN(c2ccc(C#N)cc2)C(CN)C1=O. The second-order valence-corrected chi connectivity index (χ2v) is 4.36. The van der Waals surface area contributed by atoms with Crippen molar-refractivity contribution in [3.63, 3.8) is 0 Å². The Balaban J connectivity index is 2.25. The summed E-state index contributed by atoms with van der Waals surface area (Å²) < 4.78 is 0. The van der Waals surface area contributed by atoms with Crippen LogP contribution in [0, 0.1) is 11.3 Å². The largest absolute Gasteiger partial charge is 0.357 e. The Morgan fingerprint density at radius 1 is 1.39 bits per heavy atom. The quantitative estimate of drug-likeness (QED) is 0.804. The van der Waals surface area contributed by atoms with Crippen molar-refractivity contribution in [1.29, 1.82) is 5.26 Å². The zero-order valence-corrected chi connectivity index (χ0v) is 10.3. The molecule has 0 bridgehead atoms. The summed E-state index contributed by atoms with van der Waals surface area (Å²) in [6.45, 7) is 1.74. The molecule has 5 nitrogen and oxygen atoms in total. The van der Waals surface area contributed by atoms with E-state index in [1.807, 2.05) is 17.0 Å². The van der Waals surface area contributed by atoms with E-state index in [2.05, 4.69) is 6.07 Å². The lowest BCUT2D eigenvalue weighted by atomic mass is 10.1. The minimum absolute atomic E-state index is 0.0492. The van der Waals surface area contributed by atoms with Gasteiger partial charge in [-0.2, -0.15) is 5.26 Å². The first kappa shape index (κ1) is 12.4. The summed E-state index contributed by atoms with van der Waals surface area (Å²) in [4.78, 5) is 15.7. The highest BCUT2D eigenvalue weighted by Crippen LogP contribution is 2.21. The van der Waals surface area contributed by atoms with Gasteiger partial charge in [-0.05, 0) is 24.3 Å². The Morgan fingerprint density at radius 3 is 2.61 bits per heavy atom. The molecule has 0 aromatic heterocycles. The van der Waals surface area contributed by atoms with E-state index < -0.39 is 0 Å². The number of amides is 1. The maximum Gasteiger partial charge on any atom is 0.246 e. The number of carbonyl (C=O) groups excluding carboxylic acids is 1. The highest BCUT2D eigenvalue weighted by atomic mass is 16.2. The van der Waals surface area contributed by atoms with Gasteiger partial charge in [0.15, 0.2) is 0 Å². The number of rotatable bonds is 2. The summed E-state index contributed by atoms with van der Waals surface area (Å²) >= 11 is 0. The predicted octanol–water partition coefficient (Wildman–Crippen LogP) is 0.164. The van der Waals surface area contributed by atoms with E-state index >= 15 is 0 Å². The first-order valence-corrected chi connectivity index (χ1v) is 5.89. The molecule has 1 aromatic carbocycles. The fraction of sp³-hybridized carbons (Fsp3) is 0.385. The predicted molar refractivity (Wildman–Crippen MR) is 69.0 cm³/mol. The van der Waals surface area contributed by atoms with Crippen molar-refractivity contribution in [2.45, 2.75) is 6.04 Å². The molecule has 0 saturated carbocycles. The molecule has 1 aromatic rings. The van der Waals surface area contributed by atoms with Crippen molar-refractivity contribution in [1.82, 2.24) is 4.90 Å². The van der Waals surface area contributed by atoms with Crippen molar-refractivity contribution >= 4 is 11.6 Å². The van der Waals surface area contributed by atoms with E-state index in [-0.39, 0.29) is 11.9 Å². The van der Waals surface area contributed by atoms with Gasteiger partial charge in [-0.25, -0.2) is 0 Å². The van der Waals surface area contributed by atoms with Crippen LogP contribution >= 0.6 is 0 Å². The molecule has 1 unspecified atom stereocenters. The summed E-state index contributed by atoms with van der Waals surface area (Å²) in [7, 11) is 1.79. The molecule has 94 valence electrons. The van der Waals surface area contributed by atoms with Gasteiger partial charge in [-0.1, -0.05) is 0 Å². The Morgan fingerprint density at radius 2 is 2.06 bits per heavy atom. The van der Waals surface area contributed by atoms with E-state index in [1.165, 1.54) is 0 Å². The smallest absolute Gasteiger partial charge is 0.246 e. The molecule has 5 heteroatoms. The average Bonchev–Trinajstić information content (AvgIpc) is 2.42. The van der Waals surface area contributed by atoms with Crippen LogP contribution in [-0.4, -0.2) is 43.5 Å². The van der Waals surface area contributed by atoms with Gasteiger partial charge in [0.1, 0.15) is 6.04 Å². The number of likely N-dealkylation sites (N-methyl/N-ethyl adjacent to an activating group) is 1. The van der Waals surface area contributed by atoms with E-state index in [1.54, 1.807) is 24.1 Å². The average molecular weight is 244 g/mol. The Kier molecular flexibility index (Phi) is 3.49. The van der Waals surface area contributed by atoms with E-state index in [4.69, 9.17) is 11.0 Å². The van der Waals surface area contributed by atoms with Crippen LogP contribution in [0.15, 0.2) is 24.3 Å². The Hall–Kier alpha value is -2.06. The van der Waals surface area contributed by atoms with Gasteiger partial charge in [-0.15, -0.1) is 0 Å². The van der Waals surface area contributed by atoms with Gasteiger partial charge < -0.3 is 15.5 Å². The van der Waals surface area contributed by atoms with Gasteiger partial charge in [-0.3, -0.25) is 4.79 Å². The number of nitriles is 1. The van der Waals surface area contributed by atoms with Gasteiger partial charge in [0.25, 0.3) is 0 Å². The minimum atomic E-state index is -0.309. The summed E-state index contributed by atoms with van der Waals surface area (Å²) in [5, 5.41) is 8.77. The van der Waals surface area contributed by atoms with Gasteiger partial charge in [0.05, 0.1) is 11.6 Å². The molecular weight excluding hydrogens is 228 g/mol. The van der Waals surface area contributed by atoms with Crippen LogP contribution in [-0.2, 0) is 4.79 Å². The van der Waals surface area contributed by atoms with Crippen LogP contribution in [0.5, 0.6) is 0 Å². The van der Waals surface area contributed by atoms with Crippen molar-refractivity contribution in [3.05, 3.63) is 29.8 Å². The number of anilines is 1. The first-order valence-electron chi connectivity index (χ1n) is 5.89. The molecule has 1 heterocycles. The Labute approximate surface area is 106 Å². The third-order valence-electron chi connectivity index (χ3n) is 3.27. The molecule has 2 rings (SSSR count). The monoisotopic (exact) mass is 244 g/mol. The highest BCUT2D eigenvalue weighted by Gasteiger charge is 2.31. The topological polar surface area (TPSA) is 73.4 Å². The lowest BCUT2D eigenvalue weighted by Gasteiger charge is -2.40. The molecule has 0 radical (unpaired) electrons. The number of benzene rings is 1. The van der Waals surface area contributed by atoms with Crippen molar-refractivity contribution in [2.75, 3.05) is 31.6 Å². The van der Waals surface area contributed by atoms with E-state index in [9.17, 15) is 4.79 Å². The first-order chi connectivity index (χ1) is 8.67. The van der Waals surface area contributed by atoms with Crippen LogP contribution in [0.4, 0.5) is 5.69 Å². The summed E-state index contributed by atoms with van der Waals surface area (Å²) in [5.41, 5.74) is 7.25. The summed E-state index contributed by atoms with van der Waals surface area (Å²) in [5.74, 6) is 0.0492. The van der Waals surface area contributed by atoms with Crippen LogP contribution in [0.25, 0.3) is 0 Å². The van der Waals surface area contributed by atoms with Gasteiger partial charge in [0, 0.05) is 32.4 Å². The molecule has 1 atom stereocenters. The molecule has 1 amide bonds. The van der Waals surface area contributed by atoms with Crippen molar-refractivity contribution in [2.24, 2.45) is 5.73 Å². The fourth-order valence-electron chi connectivity index (χ4n) is 2.18. The lowest BCUT2D eigenvalue weighted by Crippen LogP contribution is -2.58.